The number of hydrogen-bond donors (Lipinski definition) is 0. The lowest BCUT2D eigenvalue weighted by Crippen LogP contribution is -2.51. The minimum atomic E-state index is -1.16. The summed E-state index contributed by atoms with van der Waals surface area (Å²) in [6, 6.07) is 2.99. The molecule has 1 nitrogen and oxygen atoms in total. The average molecular weight is 229 g/mol. The van der Waals surface area contributed by atoms with Crippen LogP contribution in [-0.2, 0) is 0 Å². The molecule has 0 spiro atoms. The Morgan fingerprint density at radius 1 is 0.933 bits per heavy atom. The van der Waals surface area contributed by atoms with Crippen molar-refractivity contribution in [2.24, 2.45) is 0 Å². The maximum absolute atomic E-state index is 2.61. The molecule has 0 atom stereocenters. The Labute approximate surface area is 98.3 Å². The van der Waals surface area contributed by atoms with Crippen molar-refractivity contribution in [1.29, 1.82) is 0 Å². The van der Waals surface area contributed by atoms with E-state index in [4.69, 9.17) is 0 Å². The highest BCUT2D eigenvalue weighted by atomic mass is 28.3. The zero-order chi connectivity index (χ0) is 11.9. The summed E-state index contributed by atoms with van der Waals surface area (Å²) in [5.74, 6) is 0. The summed E-state index contributed by atoms with van der Waals surface area (Å²) in [5.41, 5.74) is 0.894. The van der Waals surface area contributed by atoms with Gasteiger partial charge in [0.1, 0.15) is 8.24 Å². The molecule has 0 amide bonds. The molecule has 0 aromatic carbocycles. The molecule has 0 N–H and O–H groups in total. The summed E-state index contributed by atoms with van der Waals surface area (Å²) in [7, 11) is 3.48. The van der Waals surface area contributed by atoms with Gasteiger partial charge < -0.3 is 4.57 Å². The Morgan fingerprint density at radius 2 is 1.33 bits per heavy atom. The molecule has 0 unspecified atom stereocenters. The molecule has 92 valence electrons. The summed E-state index contributed by atoms with van der Waals surface area (Å²) in [6.45, 7) is 9.51. The highest BCUT2D eigenvalue weighted by Gasteiger charge is 2.37. The molecule has 0 saturated heterocycles. The van der Waals surface area contributed by atoms with Crippen molar-refractivity contribution in [3.05, 3.63) is 0 Å². The molecule has 0 aliphatic carbocycles. The first kappa shape index (κ1) is 15.2. The van der Waals surface area contributed by atoms with Crippen molar-refractivity contribution in [2.45, 2.75) is 71.0 Å². The van der Waals surface area contributed by atoms with Crippen LogP contribution in [0.25, 0.3) is 0 Å². The SMILES string of the molecule is CCCC[Si](CCCC)(C(C)C)N(C)C. The zero-order valence-electron chi connectivity index (χ0n) is 11.8. The average Bonchev–Trinajstić information content (AvgIpc) is 2.17. The van der Waals surface area contributed by atoms with Crippen molar-refractivity contribution < 1.29 is 0 Å². The minimum absolute atomic E-state index is 0.894. The highest BCUT2D eigenvalue weighted by Crippen LogP contribution is 2.34. The minimum Gasteiger partial charge on any atom is -0.329 e. The van der Waals surface area contributed by atoms with E-state index in [-0.39, 0.29) is 0 Å². The standard InChI is InChI=1S/C13H31NSi/c1-7-9-11-15(13(3)4,14(5)6)12-10-8-2/h13H,7-12H2,1-6H3. The summed E-state index contributed by atoms with van der Waals surface area (Å²) in [6.07, 6.45) is 5.54. The van der Waals surface area contributed by atoms with Crippen molar-refractivity contribution in [3.8, 4) is 0 Å². The van der Waals surface area contributed by atoms with Gasteiger partial charge in [-0.25, -0.2) is 0 Å². The van der Waals surface area contributed by atoms with Crippen LogP contribution in [0.1, 0.15) is 53.4 Å². The van der Waals surface area contributed by atoms with Gasteiger partial charge in [0.15, 0.2) is 0 Å². The van der Waals surface area contributed by atoms with Crippen LogP contribution < -0.4 is 0 Å². The molecule has 0 heterocycles. The molecule has 0 radical (unpaired) electrons. The maximum Gasteiger partial charge on any atom is 0.130 e. The highest BCUT2D eigenvalue weighted by molar-refractivity contribution is 6.78. The van der Waals surface area contributed by atoms with Gasteiger partial charge in [0.25, 0.3) is 0 Å². The fourth-order valence-electron chi connectivity index (χ4n) is 2.63. The fourth-order valence-corrected chi connectivity index (χ4v) is 7.90. The topological polar surface area (TPSA) is 3.24 Å². The van der Waals surface area contributed by atoms with Crippen LogP contribution in [0, 0.1) is 0 Å². The van der Waals surface area contributed by atoms with Crippen LogP contribution in [0.15, 0.2) is 0 Å². The Balaban J connectivity index is 4.57. The van der Waals surface area contributed by atoms with Gasteiger partial charge in [-0.2, -0.15) is 0 Å². The molecular weight excluding hydrogens is 198 g/mol. The maximum atomic E-state index is 2.61. The van der Waals surface area contributed by atoms with E-state index >= 15 is 0 Å². The second-order valence-electron chi connectivity index (χ2n) is 5.36. The first-order valence-electron chi connectivity index (χ1n) is 6.68. The Kier molecular flexibility index (Phi) is 7.54. The van der Waals surface area contributed by atoms with Gasteiger partial charge in [0.05, 0.1) is 0 Å². The fraction of sp³-hybridized carbons (Fsp3) is 1.00. The lowest BCUT2D eigenvalue weighted by Gasteiger charge is -2.41. The van der Waals surface area contributed by atoms with Gasteiger partial charge in [-0.1, -0.05) is 53.4 Å². The molecule has 0 aromatic rings. The molecular formula is C13H31NSi. The van der Waals surface area contributed by atoms with Crippen molar-refractivity contribution in [2.75, 3.05) is 14.1 Å². The summed E-state index contributed by atoms with van der Waals surface area (Å²) in [4.78, 5) is 0. The molecule has 0 aliphatic rings. The quantitative estimate of drug-likeness (QED) is 0.554. The first-order chi connectivity index (χ1) is 7.01. The van der Waals surface area contributed by atoms with Gasteiger partial charge >= 0.3 is 0 Å². The number of hydrogen-bond acceptors (Lipinski definition) is 1. The molecule has 2 heteroatoms. The molecule has 0 aliphatic heterocycles. The van der Waals surface area contributed by atoms with Gasteiger partial charge in [0, 0.05) is 0 Å². The Bertz CT molecular complexity index is 137. The van der Waals surface area contributed by atoms with Crippen molar-refractivity contribution in [3.63, 3.8) is 0 Å². The van der Waals surface area contributed by atoms with Gasteiger partial charge in [-0.3, -0.25) is 0 Å². The third-order valence-electron chi connectivity index (χ3n) is 3.89. The molecule has 0 saturated carbocycles. The monoisotopic (exact) mass is 229 g/mol. The van der Waals surface area contributed by atoms with E-state index < -0.39 is 8.24 Å². The molecule has 0 aromatic heterocycles. The Morgan fingerprint density at radius 3 is 1.53 bits per heavy atom. The predicted molar refractivity (Wildman–Crippen MR) is 74.0 cm³/mol. The van der Waals surface area contributed by atoms with Crippen LogP contribution in [-0.4, -0.2) is 26.9 Å². The zero-order valence-corrected chi connectivity index (χ0v) is 12.8. The van der Waals surface area contributed by atoms with Gasteiger partial charge in [-0.05, 0) is 31.7 Å². The third-order valence-corrected chi connectivity index (χ3v) is 10.3. The summed E-state index contributed by atoms with van der Waals surface area (Å²) < 4.78 is 2.61. The van der Waals surface area contributed by atoms with E-state index in [1.54, 1.807) is 0 Å². The van der Waals surface area contributed by atoms with Crippen molar-refractivity contribution >= 4 is 8.24 Å². The second kappa shape index (κ2) is 7.45. The van der Waals surface area contributed by atoms with E-state index in [2.05, 4.69) is 46.4 Å². The van der Waals surface area contributed by atoms with Gasteiger partial charge in [0.2, 0.25) is 0 Å². The van der Waals surface area contributed by atoms with E-state index in [9.17, 15) is 0 Å². The molecule has 0 bridgehead atoms. The predicted octanol–water partition coefficient (Wildman–Crippen LogP) is 4.50. The smallest absolute Gasteiger partial charge is 0.130 e. The third kappa shape index (κ3) is 4.27. The van der Waals surface area contributed by atoms with Crippen LogP contribution in [0.4, 0.5) is 0 Å². The summed E-state index contributed by atoms with van der Waals surface area (Å²) in [5, 5.41) is 0. The molecule has 0 fully saturated rings. The number of rotatable bonds is 8. The normalized spacial score (nSPS) is 12.8. The van der Waals surface area contributed by atoms with Crippen LogP contribution >= 0.6 is 0 Å². The molecule has 0 rings (SSSR count). The Hall–Kier alpha value is 0.177. The van der Waals surface area contributed by atoms with E-state index in [0.29, 0.717) is 0 Å². The van der Waals surface area contributed by atoms with Crippen molar-refractivity contribution in [1.82, 2.24) is 4.57 Å². The number of nitrogens with zero attached hydrogens (tertiary/aromatic N) is 1. The first-order valence-corrected chi connectivity index (χ1v) is 9.12. The van der Waals surface area contributed by atoms with Gasteiger partial charge in [-0.15, -0.1) is 0 Å². The van der Waals surface area contributed by atoms with Crippen LogP contribution in [0.2, 0.25) is 17.6 Å². The largest absolute Gasteiger partial charge is 0.329 e. The second-order valence-corrected chi connectivity index (χ2v) is 10.6. The van der Waals surface area contributed by atoms with Crippen LogP contribution in [0.5, 0.6) is 0 Å². The van der Waals surface area contributed by atoms with E-state index in [0.717, 1.165) is 5.54 Å². The van der Waals surface area contributed by atoms with Crippen LogP contribution in [0.3, 0.4) is 0 Å². The lowest BCUT2D eigenvalue weighted by molar-refractivity contribution is 0.565. The van der Waals surface area contributed by atoms with E-state index in [1.165, 1.54) is 37.8 Å². The summed E-state index contributed by atoms with van der Waals surface area (Å²) >= 11 is 0. The lowest BCUT2D eigenvalue weighted by atomic mass is 10.4. The number of unbranched alkanes of at least 4 members (excludes halogenated alkanes) is 2. The molecule has 15 heavy (non-hydrogen) atoms. The van der Waals surface area contributed by atoms with E-state index in [1.807, 2.05) is 0 Å².